The second-order valence-corrected chi connectivity index (χ2v) is 34.0. The number of nitrogens with zero attached hydrogens (tertiary/aromatic N) is 3. The number of nitrogens with two attached hydrogens (primary N) is 1. The van der Waals surface area contributed by atoms with Crippen LogP contribution in [0, 0.1) is 57.0 Å². The van der Waals surface area contributed by atoms with Crippen LogP contribution in [0.2, 0.25) is 0 Å². The lowest BCUT2D eigenvalue weighted by atomic mass is 9.81. The number of hydrogen-bond acceptors (Lipinski definition) is 20. The number of alkyl halides is 4. The molecule has 2 heterocycles. The molecule has 5 atom stereocenters. The number of Topliss-reactive ketones (excluding diaryl/α,β-unsaturated/α-hetero) is 1. The molecule has 0 aromatic heterocycles. The van der Waals surface area contributed by atoms with Crippen LogP contribution in [0.25, 0.3) is 16.7 Å². The zero-order chi connectivity index (χ0) is 86.1. The number of aliphatic hydroxyl groups is 1. The van der Waals surface area contributed by atoms with Crippen LogP contribution in [0.15, 0.2) is 153 Å². The Morgan fingerprint density at radius 1 is 0.593 bits per heavy atom. The lowest BCUT2D eigenvalue weighted by Crippen LogP contribution is -2.37. The van der Waals surface area contributed by atoms with Crippen LogP contribution in [0.1, 0.15) is 211 Å². The third kappa shape index (κ3) is 25.0. The highest BCUT2D eigenvalue weighted by atomic mass is 35.5. The number of halogens is 9. The molecule has 7 aliphatic carbocycles. The number of rotatable bonds is 18. The molecule has 3 N–H and O–H groups in total. The number of aliphatic imine (C=N–C) groups is 2. The number of fused-ring (bicyclic) bond motifs is 2. The predicted octanol–water partition coefficient (Wildman–Crippen LogP) is 20.3. The first kappa shape index (κ1) is 94.8. The molecule has 5 aromatic carbocycles. The van der Waals surface area contributed by atoms with Crippen molar-refractivity contribution in [3.05, 3.63) is 210 Å². The van der Waals surface area contributed by atoms with Gasteiger partial charge in [-0.1, -0.05) is 103 Å². The lowest BCUT2D eigenvalue weighted by Gasteiger charge is -2.36. The molecule has 0 bridgehead atoms. The van der Waals surface area contributed by atoms with Gasteiger partial charge in [0.15, 0.2) is 5.17 Å². The second-order valence-electron chi connectivity index (χ2n) is 30.0. The van der Waals surface area contributed by atoms with Crippen LogP contribution in [0.3, 0.4) is 0 Å². The molecular formula is C87H101ClF8N4O15S3. The summed E-state index contributed by atoms with van der Waals surface area (Å²) in [5.41, 5.74) is 6.94. The third-order valence-electron chi connectivity index (χ3n) is 21.2. The molecule has 0 amide bonds. The quantitative estimate of drug-likeness (QED) is 0.00949. The number of nitro groups is 1. The van der Waals surface area contributed by atoms with E-state index in [1.54, 1.807) is 88.8 Å². The van der Waals surface area contributed by atoms with Gasteiger partial charge in [0.05, 0.1) is 59.5 Å². The number of nitro benzene ring substituents is 1. The Morgan fingerprint density at radius 2 is 1.08 bits per heavy atom. The summed E-state index contributed by atoms with van der Waals surface area (Å²) in [5, 5.41) is 21.5. The van der Waals surface area contributed by atoms with Crippen molar-refractivity contribution < 1.29 is 101 Å². The second kappa shape index (κ2) is 44.0. The van der Waals surface area contributed by atoms with E-state index in [-0.39, 0.29) is 108 Å². The molecule has 640 valence electrons. The summed E-state index contributed by atoms with van der Waals surface area (Å²) in [5.74, 6) is -1.24. The van der Waals surface area contributed by atoms with Gasteiger partial charge < -0.3 is 34.0 Å². The number of ether oxygens (including phenoxy) is 4. The van der Waals surface area contributed by atoms with Gasteiger partial charge in [0.2, 0.25) is 0 Å². The molecule has 0 radical (unpaired) electrons. The largest absolute Gasteiger partial charge is 0.534 e. The fourth-order valence-corrected chi connectivity index (χ4v) is 19.0. The van der Waals surface area contributed by atoms with E-state index < -0.39 is 55.2 Å². The Morgan fingerprint density at radius 3 is 1.59 bits per heavy atom. The molecule has 1 unspecified atom stereocenters. The number of aliphatic hydroxyl groups excluding tert-OH is 1. The first-order valence-electron chi connectivity index (χ1n) is 39.6. The molecule has 19 nitrogen and oxygen atoms in total. The average molecular weight is 1730 g/mol. The summed E-state index contributed by atoms with van der Waals surface area (Å²) in [6.45, 7) is 11.3. The van der Waals surface area contributed by atoms with Gasteiger partial charge in [-0.25, -0.2) is 31.5 Å². The first-order chi connectivity index (χ1) is 56.2. The molecule has 3 fully saturated rings. The van der Waals surface area contributed by atoms with Crippen LogP contribution in [0.4, 0.5) is 40.8 Å². The van der Waals surface area contributed by atoms with Crippen molar-refractivity contribution in [2.45, 2.75) is 205 Å². The number of amidine groups is 1. The SMILES string of the molecule is CC(C)(C)OC(=O)CC1=N[C@@]2(c3cc([N+](=O)[O-])ccc3F)CCC[C@H]2CS1.CCOC(=O)C1=C(OS(=O)(=O)C(F)(F)F)CCC1.CCOC(=O)C1=C(c2ccccc2F)CCC1.CCOC(=O)C1CCCC1=O.Fc1ccccc1C1=C(CCl)CCC1.NC1=N[C@@]2(c3ccccc3F)CCC[C@H]2CS1.OCC1=C(c2ccccc2F)CCC1. The van der Waals surface area contributed by atoms with Gasteiger partial charge in [-0.05, 0) is 215 Å². The number of hydrogen-bond donors (Lipinski definition) is 2. The smallest absolute Gasteiger partial charge is 0.465 e. The summed E-state index contributed by atoms with van der Waals surface area (Å²) in [6.07, 6.45) is 16.3. The van der Waals surface area contributed by atoms with Gasteiger partial charge in [0.25, 0.3) is 5.69 Å². The van der Waals surface area contributed by atoms with E-state index in [1.807, 2.05) is 30.3 Å². The summed E-state index contributed by atoms with van der Waals surface area (Å²) in [7, 11) is -5.73. The Balaban J connectivity index is 0.000000174. The zero-order valence-corrected chi connectivity index (χ0v) is 70.1. The number of allylic oxidation sites excluding steroid dienone is 5. The molecule has 0 spiro atoms. The van der Waals surface area contributed by atoms with Gasteiger partial charge in [0.1, 0.15) is 52.1 Å². The third-order valence-corrected chi connectivity index (χ3v) is 24.6. The minimum absolute atomic E-state index is 0.0347. The van der Waals surface area contributed by atoms with Gasteiger partial charge in [-0.2, -0.15) is 21.6 Å². The Labute approximate surface area is 696 Å². The minimum Gasteiger partial charge on any atom is -0.465 e. The maximum absolute atomic E-state index is 14.7. The fourth-order valence-electron chi connectivity index (χ4n) is 15.8. The Bertz CT molecular complexity index is 4670. The van der Waals surface area contributed by atoms with E-state index >= 15 is 0 Å². The van der Waals surface area contributed by atoms with Crippen molar-refractivity contribution in [1.29, 1.82) is 0 Å². The number of ketones is 1. The lowest BCUT2D eigenvalue weighted by molar-refractivity contribution is -0.385. The summed E-state index contributed by atoms with van der Waals surface area (Å²) in [4.78, 5) is 77.3. The van der Waals surface area contributed by atoms with E-state index in [0.29, 0.717) is 89.8 Å². The maximum Gasteiger partial charge on any atom is 0.534 e. The number of benzene rings is 5. The van der Waals surface area contributed by atoms with Gasteiger partial charge >= 0.3 is 39.5 Å². The molecule has 0 saturated heterocycles. The normalized spacial score (nSPS) is 21.2. The molecule has 3 saturated carbocycles. The van der Waals surface area contributed by atoms with Crippen molar-refractivity contribution in [3.8, 4) is 0 Å². The zero-order valence-electron chi connectivity index (χ0n) is 66.9. The van der Waals surface area contributed by atoms with Crippen molar-refractivity contribution >= 4 is 108 Å². The van der Waals surface area contributed by atoms with Crippen molar-refractivity contribution in [1.82, 2.24) is 0 Å². The van der Waals surface area contributed by atoms with Crippen molar-refractivity contribution in [3.63, 3.8) is 0 Å². The number of non-ortho nitro benzene ring substituents is 1. The van der Waals surface area contributed by atoms with Crippen molar-refractivity contribution in [2.75, 3.05) is 43.8 Å². The standard InChI is InChI=1S/C19H23FN2O4S.C14H15FO2.C13H15FN2S.C12H12ClF.C12H13FO.C9H11F3O5S.C8H12O3/c1-18(2,3)26-17(23)10-16-21-19(8-4-5-12(19)11-27-16)14-9-13(22(24)25)6-7-15(14)20;1-2-17-14(16)12-8-5-7-10(12)11-6-3-4-9-13(11)15;14-11-6-2-1-5-10(11)13-7-3-4-9(13)8-17-12(15)16-13;13-8-9-4-3-6-10(9)11-5-1-2-7-12(11)14;13-12-7-2-1-5-11(12)10-6-3-4-9(10)8-14;1-2-16-8(13)6-4-3-5-7(6)17-18(14,15)9(10,11)12;1-2-11-8(10)6-4-3-5-7(6)9/h6-7,9,12H,4-5,8,10-11H2,1-3H3;3-4,6,9H,2,5,7-8H2,1H3;1-2,5-6,9H,3-4,7-8H2,(H2,15,16);1-2,5,7H,3-4,6,8H2;1-2,5,7,14H,3-4,6,8H2;2-5H2,1H3;6H,2-5H2,1H3/t12-,19-;;9-,13-;;;;/m0.0..../s1. The van der Waals surface area contributed by atoms with Crippen LogP contribution >= 0.6 is 35.1 Å². The van der Waals surface area contributed by atoms with E-state index in [9.17, 15) is 77.6 Å². The number of carbonyl (C=O) groups excluding carboxylic acids is 5. The molecular weight excluding hydrogens is 1620 g/mol. The summed E-state index contributed by atoms with van der Waals surface area (Å²) in [6, 6.07) is 30.9. The maximum atomic E-state index is 14.7. The molecule has 9 aliphatic rings. The first-order valence-corrected chi connectivity index (χ1v) is 43.5. The Kier molecular flexibility index (Phi) is 35.3. The van der Waals surface area contributed by atoms with Gasteiger partial charge in [-0.3, -0.25) is 34.5 Å². The molecule has 2 aliphatic heterocycles. The van der Waals surface area contributed by atoms with Gasteiger partial charge in [0, 0.05) is 75.8 Å². The highest BCUT2D eigenvalue weighted by Crippen LogP contribution is 2.54. The van der Waals surface area contributed by atoms with Crippen LogP contribution in [0.5, 0.6) is 0 Å². The van der Waals surface area contributed by atoms with Crippen LogP contribution in [-0.4, -0.2) is 113 Å². The monoisotopic (exact) mass is 1720 g/mol. The van der Waals surface area contributed by atoms with E-state index in [4.69, 9.17) is 41.6 Å². The highest BCUT2D eigenvalue weighted by Gasteiger charge is 2.51. The van der Waals surface area contributed by atoms with Crippen LogP contribution in [-0.2, 0) is 68.3 Å². The number of esters is 4. The summed E-state index contributed by atoms with van der Waals surface area (Å²) < 4.78 is 151. The van der Waals surface area contributed by atoms with Gasteiger partial charge in [-0.15, -0.1) is 23.4 Å². The molecule has 14 rings (SSSR count). The molecule has 5 aromatic rings. The van der Waals surface area contributed by atoms with E-state index in [0.717, 1.165) is 135 Å². The average Bonchev–Trinajstić information content (AvgIpc) is 1.59. The number of thioether (sulfide) groups is 2. The van der Waals surface area contributed by atoms with E-state index in [2.05, 4.69) is 13.9 Å². The fraction of sp³-hybridized carbons (Fsp3) is 0.483. The Hall–Kier alpha value is -8.71. The summed E-state index contributed by atoms with van der Waals surface area (Å²) >= 11 is 8.92. The predicted molar refractivity (Wildman–Crippen MR) is 440 cm³/mol. The van der Waals surface area contributed by atoms with E-state index in [1.165, 1.54) is 60.7 Å². The topological polar surface area (TPSA) is 280 Å². The van der Waals surface area contributed by atoms with Crippen molar-refractivity contribution in [2.24, 2.45) is 33.5 Å². The molecule has 31 heteroatoms. The molecule has 118 heavy (non-hydrogen) atoms. The number of carbonyl (C=O) groups is 5. The minimum atomic E-state index is -5.73. The highest BCUT2D eigenvalue weighted by molar-refractivity contribution is 8.14. The van der Waals surface area contributed by atoms with Crippen LogP contribution < -0.4 is 5.73 Å².